The molecule has 18 heavy (non-hydrogen) atoms. The molecule has 1 aromatic carbocycles. The fourth-order valence-electron chi connectivity index (χ4n) is 1.88. The molecule has 0 radical (unpaired) electrons. The van der Waals surface area contributed by atoms with E-state index in [2.05, 4.69) is 21.2 Å². The van der Waals surface area contributed by atoms with Crippen LogP contribution in [0.4, 0.5) is 5.69 Å². The zero-order chi connectivity index (χ0) is 13.3. The Morgan fingerprint density at radius 2 is 1.67 bits per heavy atom. The maximum Gasteiger partial charge on any atom is 0.157 e. The van der Waals surface area contributed by atoms with Gasteiger partial charge >= 0.3 is 0 Å². The van der Waals surface area contributed by atoms with Crippen molar-refractivity contribution >= 4 is 21.6 Å². The van der Waals surface area contributed by atoms with Gasteiger partial charge in [0, 0.05) is 10.2 Å². The highest BCUT2D eigenvalue weighted by molar-refractivity contribution is 9.10. The molecule has 0 aromatic heterocycles. The lowest BCUT2D eigenvalue weighted by molar-refractivity contribution is -0.209. The van der Waals surface area contributed by atoms with Gasteiger partial charge in [0.05, 0.1) is 6.10 Å². The number of nitrogens with one attached hydrogen (secondary N) is 1. The van der Waals surface area contributed by atoms with Crippen LogP contribution in [-0.2, 0) is 4.74 Å². The molecule has 1 aromatic rings. The smallest absolute Gasteiger partial charge is 0.157 e. The van der Waals surface area contributed by atoms with Gasteiger partial charge in [-0.25, -0.2) is 0 Å². The van der Waals surface area contributed by atoms with Crippen LogP contribution in [0, 0.1) is 0 Å². The Morgan fingerprint density at radius 1 is 1.06 bits per heavy atom. The van der Waals surface area contributed by atoms with E-state index in [-0.39, 0.29) is 0 Å². The number of aliphatic hydroxyl groups excluding tert-OH is 3. The van der Waals surface area contributed by atoms with E-state index in [0.717, 1.165) is 10.2 Å². The Kier molecular flexibility index (Phi) is 4.24. The van der Waals surface area contributed by atoms with E-state index in [1.54, 1.807) is 6.92 Å². The van der Waals surface area contributed by atoms with E-state index in [4.69, 9.17) is 4.74 Å². The molecule has 0 unspecified atom stereocenters. The summed E-state index contributed by atoms with van der Waals surface area (Å²) in [5.74, 6) is 0. The topological polar surface area (TPSA) is 82.0 Å². The van der Waals surface area contributed by atoms with Crippen LogP contribution in [0.5, 0.6) is 0 Å². The Morgan fingerprint density at radius 3 is 2.28 bits per heavy atom. The average molecular weight is 318 g/mol. The number of ether oxygens (including phenoxy) is 1. The van der Waals surface area contributed by atoms with Crippen molar-refractivity contribution in [2.24, 2.45) is 0 Å². The maximum absolute atomic E-state index is 9.83. The summed E-state index contributed by atoms with van der Waals surface area (Å²) in [5.41, 5.74) is 0.762. The third-order valence-corrected chi connectivity index (χ3v) is 3.53. The first-order valence-corrected chi connectivity index (χ1v) is 6.50. The SMILES string of the molecule is C[C@@H]1O[C@H](Nc2ccc(Br)cc2)[C@H](O)[C@H](O)[C@H]1O. The zero-order valence-electron chi connectivity index (χ0n) is 9.82. The molecule has 6 heteroatoms. The highest BCUT2D eigenvalue weighted by Crippen LogP contribution is 2.23. The summed E-state index contributed by atoms with van der Waals surface area (Å²) in [4.78, 5) is 0. The first-order chi connectivity index (χ1) is 8.49. The zero-order valence-corrected chi connectivity index (χ0v) is 11.4. The van der Waals surface area contributed by atoms with E-state index in [1.807, 2.05) is 24.3 Å². The quantitative estimate of drug-likeness (QED) is 0.645. The lowest BCUT2D eigenvalue weighted by Gasteiger charge is -2.39. The van der Waals surface area contributed by atoms with Crippen LogP contribution in [-0.4, -0.2) is 46.0 Å². The van der Waals surface area contributed by atoms with E-state index in [1.165, 1.54) is 0 Å². The summed E-state index contributed by atoms with van der Waals surface area (Å²) >= 11 is 3.33. The Balaban J connectivity index is 2.06. The molecule has 5 nitrogen and oxygen atoms in total. The van der Waals surface area contributed by atoms with E-state index < -0.39 is 30.6 Å². The van der Waals surface area contributed by atoms with Gasteiger partial charge in [-0.15, -0.1) is 0 Å². The van der Waals surface area contributed by atoms with E-state index in [9.17, 15) is 15.3 Å². The minimum absolute atomic E-state index is 0.545. The second kappa shape index (κ2) is 5.54. The van der Waals surface area contributed by atoms with Gasteiger partial charge < -0.3 is 25.4 Å². The molecule has 0 aliphatic carbocycles. The average Bonchev–Trinajstić information content (AvgIpc) is 2.36. The van der Waals surface area contributed by atoms with E-state index in [0.29, 0.717) is 0 Å². The van der Waals surface area contributed by atoms with Gasteiger partial charge in [0.15, 0.2) is 6.23 Å². The molecule has 0 saturated carbocycles. The molecular weight excluding hydrogens is 302 g/mol. The lowest BCUT2D eigenvalue weighted by Crippen LogP contribution is -2.58. The molecule has 1 aliphatic rings. The van der Waals surface area contributed by atoms with Crippen LogP contribution in [0.1, 0.15) is 6.92 Å². The highest BCUT2D eigenvalue weighted by Gasteiger charge is 2.41. The van der Waals surface area contributed by atoms with Crippen LogP contribution in [0.25, 0.3) is 0 Å². The number of hydrogen-bond acceptors (Lipinski definition) is 5. The second-order valence-corrected chi connectivity index (χ2v) is 5.30. The lowest BCUT2D eigenvalue weighted by atomic mass is 9.99. The normalized spacial score (nSPS) is 36.4. The monoisotopic (exact) mass is 317 g/mol. The van der Waals surface area contributed by atoms with Crippen LogP contribution in [0.3, 0.4) is 0 Å². The molecule has 0 amide bonds. The molecular formula is C12H16BrNO4. The van der Waals surface area contributed by atoms with Crippen molar-refractivity contribution in [3.05, 3.63) is 28.7 Å². The second-order valence-electron chi connectivity index (χ2n) is 4.38. The van der Waals surface area contributed by atoms with Gasteiger partial charge in [-0.05, 0) is 31.2 Å². The summed E-state index contributed by atoms with van der Waals surface area (Å²) in [6.07, 6.45) is -4.78. The number of rotatable bonds is 2. The van der Waals surface area contributed by atoms with Gasteiger partial charge in [-0.3, -0.25) is 0 Å². The summed E-state index contributed by atoms with van der Waals surface area (Å²) in [5, 5.41) is 32.1. The minimum Gasteiger partial charge on any atom is -0.388 e. The van der Waals surface area contributed by atoms with Gasteiger partial charge in [0.25, 0.3) is 0 Å². The van der Waals surface area contributed by atoms with Crippen molar-refractivity contribution in [2.45, 2.75) is 37.6 Å². The predicted molar refractivity (Wildman–Crippen MR) is 70.1 cm³/mol. The fraction of sp³-hybridized carbons (Fsp3) is 0.500. The summed E-state index contributed by atoms with van der Waals surface area (Å²) in [7, 11) is 0. The molecule has 0 bridgehead atoms. The summed E-state index contributed by atoms with van der Waals surface area (Å²) < 4.78 is 6.38. The Bertz CT molecular complexity index is 400. The Hall–Kier alpha value is -0.660. The molecule has 0 spiro atoms. The number of benzene rings is 1. The Labute approximate surface area is 114 Å². The van der Waals surface area contributed by atoms with Crippen molar-refractivity contribution in [1.29, 1.82) is 0 Å². The molecule has 4 N–H and O–H groups in total. The van der Waals surface area contributed by atoms with Crippen molar-refractivity contribution in [3.8, 4) is 0 Å². The minimum atomic E-state index is -1.22. The van der Waals surface area contributed by atoms with Gasteiger partial charge in [0.2, 0.25) is 0 Å². The molecule has 1 saturated heterocycles. The molecule has 2 rings (SSSR count). The van der Waals surface area contributed by atoms with E-state index >= 15 is 0 Å². The molecule has 5 atom stereocenters. The number of hydrogen-bond donors (Lipinski definition) is 4. The van der Waals surface area contributed by atoms with Crippen LogP contribution >= 0.6 is 15.9 Å². The molecule has 1 aliphatic heterocycles. The van der Waals surface area contributed by atoms with Gasteiger partial charge in [0.1, 0.15) is 18.3 Å². The largest absolute Gasteiger partial charge is 0.388 e. The third kappa shape index (κ3) is 2.84. The predicted octanol–water partition coefficient (Wildman–Crippen LogP) is 0.688. The number of aliphatic hydroxyl groups is 3. The highest BCUT2D eigenvalue weighted by atomic mass is 79.9. The maximum atomic E-state index is 9.83. The molecule has 100 valence electrons. The van der Waals surface area contributed by atoms with Crippen LogP contribution < -0.4 is 5.32 Å². The van der Waals surface area contributed by atoms with Crippen LogP contribution in [0.2, 0.25) is 0 Å². The number of halogens is 1. The third-order valence-electron chi connectivity index (χ3n) is 3.01. The summed E-state index contributed by atoms with van der Waals surface area (Å²) in [6.45, 7) is 1.65. The van der Waals surface area contributed by atoms with Crippen molar-refractivity contribution in [1.82, 2.24) is 0 Å². The molecule has 1 fully saturated rings. The first-order valence-electron chi connectivity index (χ1n) is 5.71. The van der Waals surface area contributed by atoms with Crippen molar-refractivity contribution in [2.75, 3.05) is 5.32 Å². The fourth-order valence-corrected chi connectivity index (χ4v) is 2.15. The van der Waals surface area contributed by atoms with Crippen molar-refractivity contribution < 1.29 is 20.1 Å². The van der Waals surface area contributed by atoms with Crippen molar-refractivity contribution in [3.63, 3.8) is 0 Å². The van der Waals surface area contributed by atoms with Gasteiger partial charge in [-0.2, -0.15) is 0 Å². The van der Waals surface area contributed by atoms with Crippen LogP contribution in [0.15, 0.2) is 28.7 Å². The molecule has 1 heterocycles. The first kappa shape index (κ1) is 13.8. The summed E-state index contributed by atoms with van der Waals surface area (Å²) in [6, 6.07) is 7.35. The number of anilines is 1. The van der Waals surface area contributed by atoms with Gasteiger partial charge in [-0.1, -0.05) is 15.9 Å². The standard InChI is InChI=1S/C12H16BrNO4/c1-6-9(15)10(16)11(17)12(18-6)14-8-4-2-7(13)3-5-8/h2-6,9-12,14-17H,1H3/t6-,9-,10+,11+,12-/m0/s1.